The van der Waals surface area contributed by atoms with E-state index in [1.807, 2.05) is 0 Å². The number of urea groups is 1. The van der Waals surface area contributed by atoms with Crippen molar-refractivity contribution in [1.82, 2.24) is 5.32 Å². The first-order chi connectivity index (χ1) is 12.4. The predicted octanol–water partition coefficient (Wildman–Crippen LogP) is 3.48. The maximum atomic E-state index is 13.2. The van der Waals surface area contributed by atoms with Gasteiger partial charge in [-0.2, -0.15) is 0 Å². The van der Waals surface area contributed by atoms with Gasteiger partial charge in [0, 0.05) is 29.4 Å². The van der Waals surface area contributed by atoms with Gasteiger partial charge in [-0.1, -0.05) is 15.9 Å². The van der Waals surface area contributed by atoms with Crippen LogP contribution in [0.4, 0.5) is 25.0 Å². The lowest BCUT2D eigenvalue weighted by molar-refractivity contribution is 0.0952. The maximum absolute atomic E-state index is 13.2. The van der Waals surface area contributed by atoms with E-state index < -0.39 is 23.6 Å². The Kier molecular flexibility index (Phi) is 7.05. The van der Waals surface area contributed by atoms with E-state index in [0.717, 1.165) is 12.1 Å². The van der Waals surface area contributed by atoms with E-state index in [2.05, 4.69) is 31.9 Å². The van der Waals surface area contributed by atoms with Crippen molar-refractivity contribution in [2.45, 2.75) is 6.42 Å². The third kappa shape index (κ3) is 5.78. The van der Waals surface area contributed by atoms with Crippen LogP contribution in [0.1, 0.15) is 16.8 Å². The highest BCUT2D eigenvalue weighted by molar-refractivity contribution is 9.10. The summed E-state index contributed by atoms with van der Waals surface area (Å²) >= 11 is 3.25. The molecule has 0 aliphatic heterocycles. The van der Waals surface area contributed by atoms with Gasteiger partial charge in [-0.3, -0.25) is 4.79 Å². The molecule has 0 aromatic heterocycles. The van der Waals surface area contributed by atoms with Crippen LogP contribution in [0.25, 0.3) is 0 Å². The molecule has 0 unspecified atom stereocenters. The smallest absolute Gasteiger partial charge is 0.323 e. The Morgan fingerprint density at radius 2 is 1.73 bits per heavy atom. The second-order valence-corrected chi connectivity index (χ2v) is 6.18. The molecule has 0 spiro atoms. The lowest BCUT2D eigenvalue weighted by Crippen LogP contribution is -2.27. The molecule has 0 aliphatic rings. The summed E-state index contributed by atoms with van der Waals surface area (Å²) in [6.07, 6.45) is 0.399. The molecule has 6 nitrogen and oxygen atoms in total. The molecule has 138 valence electrons. The summed E-state index contributed by atoms with van der Waals surface area (Å²) in [4.78, 5) is 24.3. The Balaban J connectivity index is 2.13. The number of hydrogen-bond acceptors (Lipinski definition) is 3. The summed E-state index contributed by atoms with van der Waals surface area (Å²) in [6, 6.07) is 6.51. The molecule has 26 heavy (non-hydrogen) atoms. The fourth-order valence-electron chi connectivity index (χ4n) is 2.10. The summed E-state index contributed by atoms with van der Waals surface area (Å²) in [5.41, 5.74) is 0.339. The lowest BCUT2D eigenvalue weighted by Gasteiger charge is -2.13. The van der Waals surface area contributed by atoms with Crippen LogP contribution in [0.2, 0.25) is 0 Å². The number of carbonyl (C=O) groups is 2. The standard InChI is InChI=1S/C17H16BrF2N3O3/c18-10-2-3-14(16(25)21-4-1-5-24)15(6-10)23-17(26)22-13-8-11(19)7-12(20)9-13/h2-3,6-9,24H,1,4-5H2,(H,21,25)(H2,22,23,26). The summed E-state index contributed by atoms with van der Waals surface area (Å²) in [5.74, 6) is -2.09. The number of aliphatic hydroxyl groups excluding tert-OH is 1. The first-order valence-corrected chi connectivity index (χ1v) is 8.41. The van der Waals surface area contributed by atoms with Crippen molar-refractivity contribution in [3.63, 3.8) is 0 Å². The molecule has 2 aromatic rings. The summed E-state index contributed by atoms with van der Waals surface area (Å²) < 4.78 is 27.0. The van der Waals surface area contributed by atoms with Gasteiger partial charge in [-0.15, -0.1) is 0 Å². The zero-order valence-electron chi connectivity index (χ0n) is 13.5. The van der Waals surface area contributed by atoms with E-state index in [0.29, 0.717) is 17.0 Å². The minimum absolute atomic E-state index is 0.0572. The van der Waals surface area contributed by atoms with E-state index in [1.54, 1.807) is 6.07 Å². The number of nitrogens with one attached hydrogen (secondary N) is 3. The van der Waals surface area contributed by atoms with Gasteiger partial charge in [0.1, 0.15) is 11.6 Å². The first-order valence-electron chi connectivity index (χ1n) is 7.62. The Morgan fingerprint density at radius 1 is 1.04 bits per heavy atom. The van der Waals surface area contributed by atoms with Crippen LogP contribution in [-0.4, -0.2) is 30.2 Å². The molecule has 0 saturated heterocycles. The van der Waals surface area contributed by atoms with Crippen molar-refractivity contribution in [2.24, 2.45) is 0 Å². The van der Waals surface area contributed by atoms with Crippen molar-refractivity contribution in [3.8, 4) is 0 Å². The van der Waals surface area contributed by atoms with Crippen LogP contribution < -0.4 is 16.0 Å². The van der Waals surface area contributed by atoms with Gasteiger partial charge >= 0.3 is 6.03 Å². The Hall–Kier alpha value is -2.52. The molecule has 3 amide bonds. The van der Waals surface area contributed by atoms with Crippen LogP contribution in [0.3, 0.4) is 0 Å². The molecular weight excluding hydrogens is 412 g/mol. The first kappa shape index (κ1) is 19.8. The molecule has 4 N–H and O–H groups in total. The molecule has 0 aliphatic carbocycles. The Morgan fingerprint density at radius 3 is 2.38 bits per heavy atom. The molecule has 0 bridgehead atoms. The highest BCUT2D eigenvalue weighted by Crippen LogP contribution is 2.22. The number of aliphatic hydroxyl groups is 1. The summed E-state index contributed by atoms with van der Waals surface area (Å²) in [7, 11) is 0. The Labute approximate surface area is 156 Å². The second kappa shape index (κ2) is 9.25. The number of amides is 3. The van der Waals surface area contributed by atoms with Gasteiger partial charge in [0.2, 0.25) is 0 Å². The third-order valence-electron chi connectivity index (χ3n) is 3.22. The summed E-state index contributed by atoms with van der Waals surface area (Å²) in [6.45, 7) is 0.220. The minimum Gasteiger partial charge on any atom is -0.396 e. The van der Waals surface area contributed by atoms with Crippen LogP contribution in [0.5, 0.6) is 0 Å². The highest BCUT2D eigenvalue weighted by Gasteiger charge is 2.14. The van der Waals surface area contributed by atoms with E-state index in [-0.39, 0.29) is 30.1 Å². The molecule has 0 fully saturated rings. The van der Waals surface area contributed by atoms with Crippen LogP contribution in [0, 0.1) is 11.6 Å². The maximum Gasteiger partial charge on any atom is 0.323 e. The average molecular weight is 428 g/mol. The number of anilines is 2. The van der Waals surface area contributed by atoms with Gasteiger partial charge < -0.3 is 21.1 Å². The SMILES string of the molecule is O=C(Nc1cc(F)cc(F)c1)Nc1cc(Br)ccc1C(=O)NCCCO. The topological polar surface area (TPSA) is 90.5 Å². The number of hydrogen-bond donors (Lipinski definition) is 4. The zero-order chi connectivity index (χ0) is 19.1. The molecule has 9 heteroatoms. The summed E-state index contributed by atoms with van der Waals surface area (Å²) in [5, 5.41) is 16.1. The molecule has 2 aromatic carbocycles. The van der Waals surface area contributed by atoms with Crippen LogP contribution in [-0.2, 0) is 0 Å². The van der Waals surface area contributed by atoms with Crippen molar-refractivity contribution in [2.75, 3.05) is 23.8 Å². The van der Waals surface area contributed by atoms with E-state index >= 15 is 0 Å². The highest BCUT2D eigenvalue weighted by atomic mass is 79.9. The molecular formula is C17H16BrF2N3O3. The predicted molar refractivity (Wildman–Crippen MR) is 97.2 cm³/mol. The monoisotopic (exact) mass is 427 g/mol. The van der Waals surface area contributed by atoms with Crippen molar-refractivity contribution >= 4 is 39.2 Å². The Bertz CT molecular complexity index is 798. The number of halogens is 3. The largest absolute Gasteiger partial charge is 0.396 e. The molecule has 0 atom stereocenters. The quantitative estimate of drug-likeness (QED) is 0.531. The van der Waals surface area contributed by atoms with E-state index in [9.17, 15) is 18.4 Å². The zero-order valence-corrected chi connectivity index (χ0v) is 15.1. The molecule has 0 saturated carbocycles. The van der Waals surface area contributed by atoms with Gasteiger partial charge in [-0.25, -0.2) is 13.6 Å². The molecule has 0 heterocycles. The van der Waals surface area contributed by atoms with Gasteiger partial charge in [0.15, 0.2) is 0 Å². The normalized spacial score (nSPS) is 10.3. The van der Waals surface area contributed by atoms with Crippen LogP contribution in [0.15, 0.2) is 40.9 Å². The van der Waals surface area contributed by atoms with Gasteiger partial charge in [-0.05, 0) is 36.8 Å². The fraction of sp³-hybridized carbons (Fsp3) is 0.176. The molecule has 2 rings (SSSR count). The molecule has 0 radical (unpaired) electrons. The fourth-order valence-corrected chi connectivity index (χ4v) is 2.47. The van der Waals surface area contributed by atoms with Crippen molar-refractivity contribution in [1.29, 1.82) is 0 Å². The van der Waals surface area contributed by atoms with Crippen molar-refractivity contribution in [3.05, 3.63) is 58.1 Å². The van der Waals surface area contributed by atoms with Gasteiger partial charge in [0.05, 0.1) is 11.3 Å². The average Bonchev–Trinajstić information content (AvgIpc) is 2.53. The number of benzene rings is 2. The number of carbonyl (C=O) groups excluding carboxylic acids is 2. The minimum atomic E-state index is -0.827. The van der Waals surface area contributed by atoms with Crippen molar-refractivity contribution < 1.29 is 23.5 Å². The van der Waals surface area contributed by atoms with E-state index in [1.165, 1.54) is 12.1 Å². The number of rotatable bonds is 6. The van der Waals surface area contributed by atoms with Crippen LogP contribution >= 0.6 is 15.9 Å². The van der Waals surface area contributed by atoms with E-state index in [4.69, 9.17) is 5.11 Å². The third-order valence-corrected chi connectivity index (χ3v) is 3.71. The second-order valence-electron chi connectivity index (χ2n) is 5.26. The lowest BCUT2D eigenvalue weighted by atomic mass is 10.1. The van der Waals surface area contributed by atoms with Gasteiger partial charge in [0.25, 0.3) is 5.91 Å².